The van der Waals surface area contributed by atoms with Gasteiger partial charge in [0.25, 0.3) is 11.5 Å². The topological polar surface area (TPSA) is 266 Å². The number of imidazole rings is 4. The van der Waals surface area contributed by atoms with Gasteiger partial charge in [-0.3, -0.25) is 24.2 Å². The summed E-state index contributed by atoms with van der Waals surface area (Å²) in [6, 6.07) is 0. The molecular formula is C52H86N14O5. The van der Waals surface area contributed by atoms with Gasteiger partial charge in [0.1, 0.15) is 36.4 Å². The standard InChI is InChI=1S/C10H16N2O.C9H15N3O.2C9H16N2.C8H13N3O.C7H10N2O2/c1-5-12-6-9(7(2)3)10(13)11-8(12)4;1-6(2)8-4-12(5-9(10)13)7(3)11-8;1-5-11-6-9(7(2)3)10-8(11)4;1-5-8-10-7(4)9(11-8)6(2)3;1-6(2)7-3-11(5-10-7)4-8(9)12;1-4(2)5-3-8-7(11)9-6(5)10/h6-7H,4-5H2,1-3H3,(H,11,13);4,6H,5H2,1-3H3,(H2,10,13);6-7H,5H2,1-4H3;6H,5H2,1-4H3,(H,10,11);3,5-6H,4H2,1-2H3,(H2,9,12);3-4H,1-2H3,(H2,8,9,10,11). The van der Waals surface area contributed by atoms with Gasteiger partial charge in [-0.1, -0.05) is 96.6 Å². The maximum atomic E-state index is 11.4. The van der Waals surface area contributed by atoms with Crippen molar-refractivity contribution in [3.05, 3.63) is 128 Å². The third-order valence-corrected chi connectivity index (χ3v) is 10.9. The molecule has 19 heteroatoms. The lowest BCUT2D eigenvalue weighted by atomic mass is 10.0. The highest BCUT2D eigenvalue weighted by atomic mass is 16.2. The van der Waals surface area contributed by atoms with Gasteiger partial charge in [0.15, 0.2) is 0 Å². The molecule has 0 saturated carbocycles. The summed E-state index contributed by atoms with van der Waals surface area (Å²) >= 11 is 0. The SMILES string of the molecule is C=C1NC(=O)C(C(C)C)=CN1CC.CC(C)c1c[nH]c(=O)[nH]c1=O.CC(C)c1cn(CC(N)=O)cn1.CCc1nc(C(C)C)c(C)[nH]1.CCn1cc(C(C)C)nc1C.Cc1nc(C(C)C)cn1CC(N)=O. The monoisotopic (exact) mass is 987 g/mol. The minimum absolute atomic E-state index is 0.0234. The molecule has 0 radical (unpaired) electrons. The van der Waals surface area contributed by atoms with Gasteiger partial charge in [0.05, 0.1) is 29.1 Å². The van der Waals surface area contributed by atoms with E-state index < -0.39 is 5.69 Å². The van der Waals surface area contributed by atoms with Gasteiger partial charge in [-0.25, -0.2) is 24.7 Å². The number of nitrogens with one attached hydrogen (secondary N) is 4. The van der Waals surface area contributed by atoms with Crippen LogP contribution in [0.3, 0.4) is 0 Å². The Labute approximate surface area is 421 Å². The van der Waals surface area contributed by atoms with E-state index in [1.54, 1.807) is 15.5 Å². The van der Waals surface area contributed by atoms with Crippen molar-refractivity contribution in [1.82, 2.24) is 58.8 Å². The van der Waals surface area contributed by atoms with Crippen LogP contribution in [0.1, 0.15) is 185 Å². The summed E-state index contributed by atoms with van der Waals surface area (Å²) < 4.78 is 5.64. The highest BCUT2D eigenvalue weighted by Gasteiger charge is 2.21. The first-order valence-electron chi connectivity index (χ1n) is 24.6. The number of carbonyl (C=O) groups excluding carboxylic acids is 3. The highest BCUT2D eigenvalue weighted by molar-refractivity contribution is 5.95. The van der Waals surface area contributed by atoms with Crippen LogP contribution >= 0.6 is 0 Å². The number of H-pyrrole nitrogens is 3. The zero-order chi connectivity index (χ0) is 54.4. The predicted octanol–water partition coefficient (Wildman–Crippen LogP) is 7.67. The number of carbonyl (C=O) groups is 3. The number of aryl methyl sites for hydroxylation is 5. The molecule has 3 amide bonds. The van der Waals surface area contributed by atoms with Gasteiger partial charge >= 0.3 is 5.69 Å². The average Bonchev–Trinajstić information content (AvgIpc) is 4.08. The van der Waals surface area contributed by atoms with Gasteiger partial charge < -0.3 is 45.4 Å². The number of nitrogens with two attached hydrogens (primary N) is 2. The molecule has 5 aromatic heterocycles. The highest BCUT2D eigenvalue weighted by Crippen LogP contribution is 2.19. The number of amides is 3. The Hall–Kier alpha value is -6.79. The van der Waals surface area contributed by atoms with Crippen LogP contribution in [-0.4, -0.2) is 77.8 Å². The van der Waals surface area contributed by atoms with E-state index in [2.05, 4.69) is 141 Å². The van der Waals surface area contributed by atoms with E-state index in [4.69, 9.17) is 11.5 Å². The van der Waals surface area contributed by atoms with Gasteiger partial charge in [0.2, 0.25) is 11.8 Å². The predicted molar refractivity (Wildman–Crippen MR) is 284 cm³/mol. The quantitative estimate of drug-likeness (QED) is 0.0670. The van der Waals surface area contributed by atoms with Crippen molar-refractivity contribution in [2.75, 3.05) is 6.54 Å². The molecule has 1 aliphatic heterocycles. The van der Waals surface area contributed by atoms with Crippen LogP contribution < -0.4 is 28.0 Å². The second-order valence-corrected chi connectivity index (χ2v) is 19.0. The molecule has 0 spiro atoms. The summed E-state index contributed by atoms with van der Waals surface area (Å²) in [6.45, 7) is 43.0. The first kappa shape index (κ1) is 62.2. The third-order valence-electron chi connectivity index (χ3n) is 10.9. The summed E-state index contributed by atoms with van der Waals surface area (Å²) in [7, 11) is 0. The summed E-state index contributed by atoms with van der Waals surface area (Å²) in [5.41, 5.74) is 16.4. The van der Waals surface area contributed by atoms with E-state index in [1.807, 2.05) is 65.0 Å². The molecule has 394 valence electrons. The molecule has 6 rings (SSSR count). The minimum Gasteiger partial charge on any atom is -0.368 e. The zero-order valence-corrected chi connectivity index (χ0v) is 45.9. The normalized spacial score (nSPS) is 12.0. The maximum Gasteiger partial charge on any atom is 0.325 e. The number of rotatable bonds is 13. The molecule has 0 bridgehead atoms. The Morgan fingerprint density at radius 3 is 1.56 bits per heavy atom. The first-order chi connectivity index (χ1) is 33.1. The van der Waals surface area contributed by atoms with E-state index in [0.717, 1.165) is 53.9 Å². The number of hydrogen-bond acceptors (Lipinski definition) is 10. The number of aromatic nitrogens is 10. The van der Waals surface area contributed by atoms with Crippen molar-refractivity contribution < 1.29 is 14.4 Å². The van der Waals surface area contributed by atoms with Gasteiger partial charge in [-0.05, 0) is 70.1 Å². The van der Waals surface area contributed by atoms with Crippen LogP contribution in [0.5, 0.6) is 0 Å². The Balaban J connectivity index is 0.000000427. The number of nitrogens with zero attached hydrogens (tertiary/aromatic N) is 8. The van der Waals surface area contributed by atoms with Crippen molar-refractivity contribution in [2.24, 2.45) is 17.4 Å². The fraction of sp³-hybridized carbons (Fsp3) is 0.558. The molecule has 1 aliphatic rings. The lowest BCUT2D eigenvalue weighted by Gasteiger charge is -2.28. The second kappa shape index (κ2) is 30.1. The maximum absolute atomic E-state index is 11.4. The van der Waals surface area contributed by atoms with E-state index in [-0.39, 0.29) is 48.2 Å². The van der Waals surface area contributed by atoms with E-state index in [1.165, 1.54) is 23.3 Å². The van der Waals surface area contributed by atoms with E-state index in [9.17, 15) is 24.0 Å². The largest absolute Gasteiger partial charge is 0.368 e. The average molecular weight is 987 g/mol. The minimum atomic E-state index is -0.459. The molecule has 0 aliphatic carbocycles. The van der Waals surface area contributed by atoms with Crippen LogP contribution in [0.4, 0.5) is 0 Å². The van der Waals surface area contributed by atoms with E-state index >= 15 is 0 Å². The fourth-order valence-corrected chi connectivity index (χ4v) is 6.60. The lowest BCUT2D eigenvalue weighted by molar-refractivity contribution is -0.119. The van der Waals surface area contributed by atoms with E-state index in [0.29, 0.717) is 35.1 Å². The summed E-state index contributed by atoms with van der Waals surface area (Å²) in [6.07, 6.45) is 11.8. The summed E-state index contributed by atoms with van der Waals surface area (Å²) in [5.74, 6) is 5.25. The van der Waals surface area contributed by atoms with Crippen LogP contribution in [0.2, 0.25) is 0 Å². The van der Waals surface area contributed by atoms with Crippen molar-refractivity contribution in [3.63, 3.8) is 0 Å². The van der Waals surface area contributed by atoms with Crippen molar-refractivity contribution in [2.45, 2.75) is 180 Å². The molecule has 0 fully saturated rings. The van der Waals surface area contributed by atoms with Crippen molar-refractivity contribution >= 4 is 17.7 Å². The summed E-state index contributed by atoms with van der Waals surface area (Å²) in [5, 5.41) is 2.74. The van der Waals surface area contributed by atoms with Crippen LogP contribution in [0.25, 0.3) is 0 Å². The van der Waals surface area contributed by atoms with Gasteiger partial charge in [-0.15, -0.1) is 0 Å². The molecule has 8 N–H and O–H groups in total. The Bertz CT molecular complexity index is 2590. The third kappa shape index (κ3) is 21.4. The number of aromatic amines is 3. The van der Waals surface area contributed by atoms with Gasteiger partial charge in [-0.2, -0.15) is 0 Å². The van der Waals surface area contributed by atoms with Gasteiger partial charge in [0, 0.05) is 67.3 Å². The molecule has 0 aromatic carbocycles. The van der Waals surface area contributed by atoms with Crippen molar-refractivity contribution in [1.29, 1.82) is 0 Å². The number of hydrogen-bond donors (Lipinski definition) is 6. The molecule has 0 unspecified atom stereocenters. The summed E-state index contributed by atoms with van der Waals surface area (Å²) in [4.78, 5) is 81.3. The fourth-order valence-electron chi connectivity index (χ4n) is 6.60. The Kier molecular flexibility index (Phi) is 26.3. The van der Waals surface area contributed by atoms with Crippen LogP contribution in [-0.2, 0) is 40.4 Å². The lowest BCUT2D eigenvalue weighted by Crippen LogP contribution is -2.39. The van der Waals surface area contributed by atoms with Crippen LogP contribution in [0.15, 0.2) is 64.9 Å². The number of primary amides is 2. The Morgan fingerprint density at radius 2 is 1.20 bits per heavy atom. The van der Waals surface area contributed by atoms with Crippen molar-refractivity contribution in [3.8, 4) is 0 Å². The first-order valence-corrected chi connectivity index (χ1v) is 24.6. The zero-order valence-electron chi connectivity index (χ0n) is 45.9. The molecule has 5 aromatic rings. The molecular weight excluding hydrogens is 901 g/mol. The smallest absolute Gasteiger partial charge is 0.325 e. The second-order valence-electron chi connectivity index (χ2n) is 19.0. The Morgan fingerprint density at radius 1 is 0.662 bits per heavy atom. The molecule has 19 nitrogen and oxygen atoms in total. The van der Waals surface area contributed by atoms with Crippen LogP contribution in [0, 0.1) is 26.7 Å². The molecule has 6 heterocycles. The molecule has 0 saturated heterocycles. The molecule has 71 heavy (non-hydrogen) atoms. The molecule has 0 atom stereocenters.